The van der Waals surface area contributed by atoms with Gasteiger partial charge in [0.1, 0.15) is 11.2 Å². The lowest BCUT2D eigenvalue weighted by atomic mass is 9.87. The number of amides is 1. The van der Waals surface area contributed by atoms with Gasteiger partial charge in [0.15, 0.2) is 6.61 Å². The molecule has 0 heterocycles. The zero-order valence-electron chi connectivity index (χ0n) is 12.4. The van der Waals surface area contributed by atoms with Crippen LogP contribution < -0.4 is 10.1 Å². The molecule has 1 saturated carbocycles. The number of rotatable bonds is 5. The van der Waals surface area contributed by atoms with Gasteiger partial charge in [0.25, 0.3) is 0 Å². The van der Waals surface area contributed by atoms with E-state index in [1.807, 2.05) is 0 Å². The number of ether oxygens (including phenoxy) is 2. The summed E-state index contributed by atoms with van der Waals surface area (Å²) < 4.78 is 9.76. The molecule has 0 saturated heterocycles. The third kappa shape index (κ3) is 3.55. The number of anilines is 1. The standard InChI is InChI=1S/C16H18N2O4/c1-21-14(19)10-22-13-6-4-5-12(9-13)18-15(20)16(11-17)7-2-3-8-16/h4-6,9H,2-3,7-8,10H2,1H3,(H,18,20). The molecule has 6 heteroatoms. The van der Waals surface area contributed by atoms with E-state index in [0.717, 1.165) is 12.8 Å². The van der Waals surface area contributed by atoms with E-state index in [1.54, 1.807) is 24.3 Å². The molecule has 0 aromatic heterocycles. The number of esters is 1. The second-order valence-corrected chi connectivity index (χ2v) is 5.25. The first-order valence-electron chi connectivity index (χ1n) is 7.12. The van der Waals surface area contributed by atoms with Crippen molar-refractivity contribution in [3.63, 3.8) is 0 Å². The Hall–Kier alpha value is -2.55. The number of carbonyl (C=O) groups is 2. The third-order valence-corrected chi connectivity index (χ3v) is 3.78. The summed E-state index contributed by atoms with van der Waals surface area (Å²) in [6.07, 6.45) is 2.97. The average Bonchev–Trinajstić information content (AvgIpc) is 3.03. The zero-order valence-corrected chi connectivity index (χ0v) is 12.4. The number of hydrogen-bond donors (Lipinski definition) is 1. The maximum atomic E-state index is 12.3. The summed E-state index contributed by atoms with van der Waals surface area (Å²) >= 11 is 0. The first-order valence-corrected chi connectivity index (χ1v) is 7.12. The minimum atomic E-state index is -0.928. The highest BCUT2D eigenvalue weighted by molar-refractivity contribution is 5.97. The van der Waals surface area contributed by atoms with Gasteiger partial charge < -0.3 is 14.8 Å². The smallest absolute Gasteiger partial charge is 0.343 e. The number of methoxy groups -OCH3 is 1. The van der Waals surface area contributed by atoms with E-state index in [9.17, 15) is 14.9 Å². The Morgan fingerprint density at radius 1 is 1.36 bits per heavy atom. The van der Waals surface area contributed by atoms with Crippen molar-refractivity contribution < 1.29 is 19.1 Å². The lowest BCUT2D eigenvalue weighted by molar-refractivity contribution is -0.142. The van der Waals surface area contributed by atoms with Crippen LogP contribution in [0.5, 0.6) is 5.75 Å². The van der Waals surface area contributed by atoms with Crippen molar-refractivity contribution in [3.8, 4) is 11.8 Å². The fourth-order valence-electron chi connectivity index (χ4n) is 2.48. The van der Waals surface area contributed by atoms with Gasteiger partial charge in [0, 0.05) is 11.8 Å². The summed E-state index contributed by atoms with van der Waals surface area (Å²) in [5, 5.41) is 12.1. The van der Waals surface area contributed by atoms with Crippen molar-refractivity contribution in [2.45, 2.75) is 25.7 Å². The lowest BCUT2D eigenvalue weighted by Gasteiger charge is -2.19. The molecule has 1 amide bonds. The molecule has 116 valence electrons. The van der Waals surface area contributed by atoms with Gasteiger partial charge >= 0.3 is 5.97 Å². The van der Waals surface area contributed by atoms with E-state index in [1.165, 1.54) is 7.11 Å². The van der Waals surface area contributed by atoms with Gasteiger partial charge in [0.05, 0.1) is 13.2 Å². The van der Waals surface area contributed by atoms with Gasteiger partial charge in [-0.15, -0.1) is 0 Å². The second kappa shape index (κ2) is 6.94. The van der Waals surface area contributed by atoms with Crippen molar-refractivity contribution in [2.24, 2.45) is 5.41 Å². The largest absolute Gasteiger partial charge is 0.482 e. The molecule has 0 radical (unpaired) electrons. The molecular formula is C16H18N2O4. The van der Waals surface area contributed by atoms with Gasteiger partial charge in [-0.1, -0.05) is 18.9 Å². The molecule has 0 atom stereocenters. The summed E-state index contributed by atoms with van der Waals surface area (Å²) in [4.78, 5) is 23.4. The molecule has 2 rings (SSSR count). The molecule has 1 aliphatic rings. The van der Waals surface area contributed by atoms with Crippen LogP contribution in [0.1, 0.15) is 25.7 Å². The van der Waals surface area contributed by atoms with Crippen LogP contribution in [-0.2, 0) is 14.3 Å². The molecule has 1 aromatic carbocycles. The first kappa shape index (κ1) is 15.8. The van der Waals surface area contributed by atoms with Crippen molar-refractivity contribution >= 4 is 17.6 Å². The Kier molecular flexibility index (Phi) is 4.99. The molecule has 6 nitrogen and oxygen atoms in total. The molecule has 1 aliphatic carbocycles. The van der Waals surface area contributed by atoms with Crippen molar-refractivity contribution in [1.82, 2.24) is 0 Å². The van der Waals surface area contributed by atoms with Crippen LogP contribution in [0.2, 0.25) is 0 Å². The number of benzene rings is 1. The maximum absolute atomic E-state index is 12.3. The summed E-state index contributed by atoms with van der Waals surface area (Å²) in [5.74, 6) is -0.318. The quantitative estimate of drug-likeness (QED) is 0.843. The van der Waals surface area contributed by atoms with Crippen molar-refractivity contribution in [2.75, 3.05) is 19.0 Å². The Morgan fingerprint density at radius 2 is 2.09 bits per heavy atom. The van der Waals surface area contributed by atoms with E-state index >= 15 is 0 Å². The van der Waals surface area contributed by atoms with E-state index in [-0.39, 0.29) is 12.5 Å². The maximum Gasteiger partial charge on any atom is 0.343 e. The average molecular weight is 302 g/mol. The van der Waals surface area contributed by atoms with Crippen LogP contribution >= 0.6 is 0 Å². The van der Waals surface area contributed by atoms with Crippen molar-refractivity contribution in [1.29, 1.82) is 5.26 Å². The second-order valence-electron chi connectivity index (χ2n) is 5.25. The van der Waals surface area contributed by atoms with E-state index in [2.05, 4.69) is 16.1 Å². The summed E-state index contributed by atoms with van der Waals surface area (Å²) in [6.45, 7) is -0.198. The minimum Gasteiger partial charge on any atom is -0.482 e. The normalized spacial score (nSPS) is 15.6. The van der Waals surface area contributed by atoms with Gasteiger partial charge in [0.2, 0.25) is 5.91 Å². The predicted octanol–water partition coefficient (Wildman–Crippen LogP) is 2.26. The van der Waals surface area contributed by atoms with E-state index < -0.39 is 11.4 Å². The number of hydrogen-bond acceptors (Lipinski definition) is 5. The zero-order chi connectivity index (χ0) is 16.0. The predicted molar refractivity (Wildman–Crippen MR) is 79.1 cm³/mol. The Bertz CT molecular complexity index is 600. The van der Waals surface area contributed by atoms with Crippen LogP contribution in [0.25, 0.3) is 0 Å². The molecule has 1 fully saturated rings. The summed E-state index contributed by atoms with van der Waals surface area (Å²) in [5.41, 5.74) is -0.392. The van der Waals surface area contributed by atoms with Gasteiger partial charge in [-0.25, -0.2) is 4.79 Å². The van der Waals surface area contributed by atoms with Gasteiger partial charge in [-0.05, 0) is 25.0 Å². The number of carbonyl (C=O) groups excluding carboxylic acids is 2. The third-order valence-electron chi connectivity index (χ3n) is 3.78. The Balaban J connectivity index is 2.02. The van der Waals surface area contributed by atoms with Crippen molar-refractivity contribution in [3.05, 3.63) is 24.3 Å². The number of nitriles is 1. The highest BCUT2D eigenvalue weighted by atomic mass is 16.6. The van der Waals surface area contributed by atoms with Crippen LogP contribution in [0.4, 0.5) is 5.69 Å². The van der Waals surface area contributed by atoms with Gasteiger partial charge in [-0.2, -0.15) is 5.26 Å². The minimum absolute atomic E-state index is 0.198. The van der Waals surface area contributed by atoms with E-state index in [4.69, 9.17) is 4.74 Å². The SMILES string of the molecule is COC(=O)COc1cccc(NC(=O)C2(C#N)CCCC2)c1. The van der Waals surface area contributed by atoms with E-state index in [0.29, 0.717) is 24.3 Å². The Morgan fingerprint density at radius 3 is 2.73 bits per heavy atom. The molecule has 0 spiro atoms. The highest BCUT2D eigenvalue weighted by Crippen LogP contribution is 2.38. The molecule has 0 aliphatic heterocycles. The van der Waals surface area contributed by atoms with Gasteiger partial charge in [-0.3, -0.25) is 4.79 Å². The van der Waals surface area contributed by atoms with Crippen LogP contribution in [-0.4, -0.2) is 25.6 Å². The molecule has 22 heavy (non-hydrogen) atoms. The topological polar surface area (TPSA) is 88.4 Å². The summed E-state index contributed by atoms with van der Waals surface area (Å²) in [6, 6.07) is 8.86. The monoisotopic (exact) mass is 302 g/mol. The molecular weight excluding hydrogens is 284 g/mol. The lowest BCUT2D eigenvalue weighted by Crippen LogP contribution is -2.32. The highest BCUT2D eigenvalue weighted by Gasteiger charge is 2.41. The summed E-state index contributed by atoms with van der Waals surface area (Å²) in [7, 11) is 1.28. The fraction of sp³-hybridized carbons (Fsp3) is 0.438. The molecule has 1 N–H and O–H groups in total. The number of nitrogens with one attached hydrogen (secondary N) is 1. The molecule has 0 unspecified atom stereocenters. The molecule has 1 aromatic rings. The number of nitrogens with zero attached hydrogens (tertiary/aromatic N) is 1. The molecule has 0 bridgehead atoms. The van der Waals surface area contributed by atoms with Crippen LogP contribution in [0, 0.1) is 16.7 Å². The first-order chi connectivity index (χ1) is 10.6. The fourth-order valence-corrected chi connectivity index (χ4v) is 2.48. The Labute approximate surface area is 129 Å². The van der Waals surface area contributed by atoms with Crippen LogP contribution in [0.15, 0.2) is 24.3 Å². The van der Waals surface area contributed by atoms with Crippen LogP contribution in [0.3, 0.4) is 0 Å².